The number of ether oxygens (including phenoxy) is 1. The maximum absolute atomic E-state index is 13.9. The largest absolute Gasteiger partial charge is 0.371 e. The summed E-state index contributed by atoms with van der Waals surface area (Å²) >= 11 is 0. The quantitative estimate of drug-likeness (QED) is 0.849. The van der Waals surface area contributed by atoms with Crippen molar-refractivity contribution in [2.24, 2.45) is 5.41 Å². The van der Waals surface area contributed by atoms with Crippen LogP contribution in [-0.2, 0) is 4.74 Å². The molecule has 4 heteroatoms. The molecule has 0 bridgehead atoms. The Hall–Kier alpha value is -1.00. The van der Waals surface area contributed by atoms with Crippen molar-refractivity contribution in [2.45, 2.75) is 38.2 Å². The van der Waals surface area contributed by atoms with E-state index in [0.29, 0.717) is 18.7 Å². The minimum atomic E-state index is -0.803. The van der Waals surface area contributed by atoms with Crippen molar-refractivity contribution in [3.05, 3.63) is 35.4 Å². The Balaban J connectivity index is 1.75. The Labute approximate surface area is 118 Å². The van der Waals surface area contributed by atoms with Crippen LogP contribution < -0.4 is 5.32 Å². The molecule has 0 amide bonds. The van der Waals surface area contributed by atoms with Crippen LogP contribution in [0.4, 0.5) is 8.78 Å². The fraction of sp³-hybridized carbons (Fsp3) is 0.625. The third-order valence-electron chi connectivity index (χ3n) is 4.66. The highest BCUT2D eigenvalue weighted by molar-refractivity contribution is 5.22. The van der Waals surface area contributed by atoms with Crippen molar-refractivity contribution in [3.8, 4) is 0 Å². The molecular formula is C16H21F2NO. The Morgan fingerprint density at radius 1 is 1.15 bits per heavy atom. The minimum Gasteiger partial charge on any atom is -0.371 e. The Kier molecular flexibility index (Phi) is 4.03. The first-order chi connectivity index (χ1) is 9.70. The minimum absolute atomic E-state index is 0.191. The lowest BCUT2D eigenvalue weighted by Crippen LogP contribution is -2.37. The van der Waals surface area contributed by atoms with Gasteiger partial charge in [-0.2, -0.15) is 0 Å². The number of benzene rings is 1. The van der Waals surface area contributed by atoms with Crippen molar-refractivity contribution >= 4 is 0 Å². The van der Waals surface area contributed by atoms with Crippen LogP contribution in [-0.4, -0.2) is 19.7 Å². The monoisotopic (exact) mass is 281 g/mol. The summed E-state index contributed by atoms with van der Waals surface area (Å²) in [5, 5.41) is 3.39. The van der Waals surface area contributed by atoms with Crippen LogP contribution in [0.5, 0.6) is 0 Å². The van der Waals surface area contributed by atoms with E-state index in [1.165, 1.54) is 32.1 Å². The van der Waals surface area contributed by atoms with Gasteiger partial charge in [-0.1, -0.05) is 31.4 Å². The lowest BCUT2D eigenvalue weighted by molar-refractivity contribution is -0.00296. The molecule has 110 valence electrons. The van der Waals surface area contributed by atoms with Crippen LogP contribution in [0.15, 0.2) is 18.2 Å². The highest BCUT2D eigenvalue weighted by Gasteiger charge is 2.36. The van der Waals surface area contributed by atoms with Crippen LogP contribution in [0.2, 0.25) is 0 Å². The summed E-state index contributed by atoms with van der Waals surface area (Å²) in [6, 6.07) is 4.30. The zero-order valence-electron chi connectivity index (χ0n) is 11.6. The van der Waals surface area contributed by atoms with Gasteiger partial charge in [-0.25, -0.2) is 8.78 Å². The standard InChI is InChI=1S/C16H21F2NO/c17-13-6-4-5-12(15(13)18)14-9-19-10-16(11-20-14)7-2-1-3-8-16/h4-6,14,19H,1-3,7-11H2. The van der Waals surface area contributed by atoms with Crippen molar-refractivity contribution in [2.75, 3.05) is 19.7 Å². The van der Waals surface area contributed by atoms with Gasteiger partial charge in [0, 0.05) is 24.1 Å². The van der Waals surface area contributed by atoms with Gasteiger partial charge < -0.3 is 10.1 Å². The molecule has 2 nitrogen and oxygen atoms in total. The van der Waals surface area contributed by atoms with Crippen LogP contribution in [0.1, 0.15) is 43.8 Å². The highest BCUT2D eigenvalue weighted by Crippen LogP contribution is 2.39. The molecule has 1 aromatic carbocycles. The summed E-state index contributed by atoms with van der Waals surface area (Å²) in [6.07, 6.45) is 5.71. The first kappa shape index (κ1) is 14.0. The van der Waals surface area contributed by atoms with E-state index in [2.05, 4.69) is 5.32 Å². The predicted octanol–water partition coefficient (Wildman–Crippen LogP) is 3.58. The normalized spacial score (nSPS) is 26.4. The summed E-state index contributed by atoms with van der Waals surface area (Å²) in [5.74, 6) is -1.58. The predicted molar refractivity (Wildman–Crippen MR) is 73.4 cm³/mol. The third kappa shape index (κ3) is 2.72. The second-order valence-electron chi connectivity index (χ2n) is 6.13. The summed E-state index contributed by atoms with van der Waals surface area (Å²) in [7, 11) is 0. The molecule has 20 heavy (non-hydrogen) atoms. The molecule has 1 saturated heterocycles. The number of hydrogen-bond donors (Lipinski definition) is 1. The molecule has 1 N–H and O–H groups in total. The maximum atomic E-state index is 13.9. The van der Waals surface area contributed by atoms with E-state index in [-0.39, 0.29) is 5.41 Å². The van der Waals surface area contributed by atoms with E-state index in [9.17, 15) is 8.78 Å². The lowest BCUT2D eigenvalue weighted by Gasteiger charge is -2.35. The van der Waals surface area contributed by atoms with Gasteiger partial charge in [-0.05, 0) is 18.9 Å². The van der Waals surface area contributed by atoms with Crippen LogP contribution in [0, 0.1) is 17.0 Å². The lowest BCUT2D eigenvalue weighted by atomic mass is 9.74. The molecule has 0 radical (unpaired) electrons. The smallest absolute Gasteiger partial charge is 0.164 e. The van der Waals surface area contributed by atoms with E-state index in [0.717, 1.165) is 12.6 Å². The van der Waals surface area contributed by atoms with Crippen molar-refractivity contribution in [1.29, 1.82) is 0 Å². The molecule has 1 saturated carbocycles. The molecule has 1 heterocycles. The van der Waals surface area contributed by atoms with Gasteiger partial charge in [-0.3, -0.25) is 0 Å². The van der Waals surface area contributed by atoms with Gasteiger partial charge in [0.25, 0.3) is 0 Å². The second kappa shape index (κ2) is 5.78. The summed E-state index contributed by atoms with van der Waals surface area (Å²) in [4.78, 5) is 0. The molecule has 1 aliphatic heterocycles. The Morgan fingerprint density at radius 2 is 1.95 bits per heavy atom. The van der Waals surface area contributed by atoms with Crippen LogP contribution in [0.3, 0.4) is 0 Å². The molecule has 2 aliphatic rings. The molecule has 0 aromatic heterocycles. The van der Waals surface area contributed by atoms with Gasteiger partial charge in [0.15, 0.2) is 11.6 Å². The van der Waals surface area contributed by atoms with Crippen molar-refractivity contribution < 1.29 is 13.5 Å². The molecule has 1 unspecified atom stereocenters. The van der Waals surface area contributed by atoms with Crippen LogP contribution >= 0.6 is 0 Å². The average Bonchev–Trinajstić information content (AvgIpc) is 2.66. The average molecular weight is 281 g/mol. The molecular weight excluding hydrogens is 260 g/mol. The zero-order chi connectivity index (χ0) is 14.0. The van der Waals surface area contributed by atoms with Crippen molar-refractivity contribution in [3.63, 3.8) is 0 Å². The molecule has 1 atom stereocenters. The number of rotatable bonds is 1. The van der Waals surface area contributed by atoms with E-state index in [1.807, 2.05) is 0 Å². The van der Waals surface area contributed by atoms with Gasteiger partial charge >= 0.3 is 0 Å². The molecule has 1 spiro atoms. The number of hydrogen-bond acceptors (Lipinski definition) is 2. The summed E-state index contributed by atoms with van der Waals surface area (Å²) < 4.78 is 33.2. The Bertz CT molecular complexity index is 472. The topological polar surface area (TPSA) is 21.3 Å². The number of nitrogens with one attached hydrogen (secondary N) is 1. The van der Waals surface area contributed by atoms with Gasteiger partial charge in [-0.15, -0.1) is 0 Å². The maximum Gasteiger partial charge on any atom is 0.164 e. The van der Waals surface area contributed by atoms with Gasteiger partial charge in [0.2, 0.25) is 0 Å². The SMILES string of the molecule is Fc1cccc(C2CNCC3(CCCCC3)CO2)c1F. The molecule has 3 rings (SSSR count). The van der Waals surface area contributed by atoms with E-state index < -0.39 is 17.7 Å². The molecule has 2 fully saturated rings. The zero-order valence-corrected chi connectivity index (χ0v) is 11.6. The highest BCUT2D eigenvalue weighted by atomic mass is 19.2. The summed E-state index contributed by atoms with van der Waals surface area (Å²) in [6.45, 7) is 2.10. The van der Waals surface area contributed by atoms with Crippen LogP contribution in [0.25, 0.3) is 0 Å². The first-order valence-electron chi connectivity index (χ1n) is 7.46. The molecule has 1 aromatic rings. The fourth-order valence-electron chi connectivity index (χ4n) is 3.45. The van der Waals surface area contributed by atoms with E-state index in [1.54, 1.807) is 12.1 Å². The van der Waals surface area contributed by atoms with E-state index >= 15 is 0 Å². The first-order valence-corrected chi connectivity index (χ1v) is 7.46. The third-order valence-corrected chi connectivity index (χ3v) is 4.66. The van der Waals surface area contributed by atoms with Crippen molar-refractivity contribution in [1.82, 2.24) is 5.32 Å². The van der Waals surface area contributed by atoms with E-state index in [4.69, 9.17) is 4.74 Å². The van der Waals surface area contributed by atoms with Gasteiger partial charge in [0.05, 0.1) is 12.7 Å². The van der Waals surface area contributed by atoms with Gasteiger partial charge in [0.1, 0.15) is 0 Å². The molecule has 1 aliphatic carbocycles. The summed E-state index contributed by atoms with van der Waals surface area (Å²) in [5.41, 5.74) is 0.516. The fourth-order valence-corrected chi connectivity index (χ4v) is 3.45. The number of halogens is 2. The Morgan fingerprint density at radius 3 is 2.75 bits per heavy atom. The second-order valence-corrected chi connectivity index (χ2v) is 6.13.